The minimum absolute atomic E-state index is 0.0194. The highest BCUT2D eigenvalue weighted by Gasteiger charge is 2.55. The predicted molar refractivity (Wildman–Crippen MR) is 328 cm³/mol. The Morgan fingerprint density at radius 2 is 0.804 bits per heavy atom. The van der Waals surface area contributed by atoms with Gasteiger partial charge >= 0.3 is 29.8 Å². The molecule has 1 aliphatic heterocycles. The van der Waals surface area contributed by atoms with Crippen molar-refractivity contribution in [1.82, 2.24) is 0 Å². The van der Waals surface area contributed by atoms with Crippen LogP contribution in [0.5, 0.6) is 92.0 Å². The Kier molecular flexibility index (Phi) is 23.8. The summed E-state index contributed by atoms with van der Waals surface area (Å²) in [4.78, 5) is 72.3. The summed E-state index contributed by atoms with van der Waals surface area (Å²) in [5.41, 5.74) is -2.16. The van der Waals surface area contributed by atoms with E-state index in [9.17, 15) is 24.3 Å². The van der Waals surface area contributed by atoms with Gasteiger partial charge < -0.3 is 109 Å². The van der Waals surface area contributed by atoms with E-state index in [1.165, 1.54) is 143 Å². The van der Waals surface area contributed by atoms with Crippen LogP contribution >= 0.6 is 0 Å². The first-order valence-corrected chi connectivity index (χ1v) is 30.7. The lowest BCUT2D eigenvalue weighted by atomic mass is 9.91. The van der Waals surface area contributed by atoms with E-state index >= 15 is 4.79 Å². The lowest BCUT2D eigenvalue weighted by Crippen LogP contribution is -2.65. The number of hydrogen-bond donors (Lipinski definition) is 1. The monoisotopic (exact) mass is 1310 g/mol. The smallest absolute Gasteiger partial charge is 0.341 e. The first-order chi connectivity index (χ1) is 43.8. The molecule has 0 aliphatic carbocycles. The summed E-state index contributed by atoms with van der Waals surface area (Å²) in [5.74, 6) is -6.99. The second-order valence-electron chi connectivity index (χ2n) is 21.1. The molecule has 1 aliphatic rings. The van der Waals surface area contributed by atoms with E-state index in [2.05, 4.69) is 0 Å². The number of carboxylic acids is 1. The van der Waals surface area contributed by atoms with Crippen molar-refractivity contribution in [2.75, 3.05) is 120 Å². The van der Waals surface area contributed by atoms with Crippen molar-refractivity contribution < 1.29 is 133 Å². The molecule has 0 unspecified atom stereocenters. The second-order valence-corrected chi connectivity index (χ2v) is 25.9. The maximum atomic E-state index is 15.5. The minimum Gasteiger partial charge on any atom is -0.493 e. The highest BCUT2D eigenvalue weighted by Crippen LogP contribution is 2.57. The summed E-state index contributed by atoms with van der Waals surface area (Å²) in [6.45, 7) is 8.88. The molecule has 5 aromatic carbocycles. The van der Waals surface area contributed by atoms with Crippen molar-refractivity contribution in [2.45, 2.75) is 69.6 Å². The molecule has 502 valence electrons. The Bertz CT molecular complexity index is 3470. The van der Waals surface area contributed by atoms with Gasteiger partial charge in [0.15, 0.2) is 84.3 Å². The first-order valence-electron chi connectivity index (χ1n) is 27.8. The van der Waals surface area contributed by atoms with E-state index in [1.807, 2.05) is 33.9 Å². The molecule has 92 heavy (non-hydrogen) atoms. The highest BCUT2D eigenvalue weighted by atomic mass is 28.4. The van der Waals surface area contributed by atoms with Crippen LogP contribution in [0.3, 0.4) is 0 Å². The Morgan fingerprint density at radius 3 is 1.20 bits per heavy atom. The molecule has 0 amide bonds. The normalized spacial score (nSPS) is 16.1. The van der Waals surface area contributed by atoms with E-state index in [-0.39, 0.29) is 120 Å². The van der Waals surface area contributed by atoms with Crippen molar-refractivity contribution in [2.24, 2.45) is 0 Å². The molecule has 5 atom stereocenters. The zero-order chi connectivity index (χ0) is 68.3. The third-order valence-electron chi connectivity index (χ3n) is 15.3. The topological polar surface area (TPSA) is 309 Å². The Morgan fingerprint density at radius 1 is 0.424 bits per heavy atom. The highest BCUT2D eigenvalue weighted by molar-refractivity contribution is 6.74. The maximum Gasteiger partial charge on any atom is 0.341 e. The van der Waals surface area contributed by atoms with Gasteiger partial charge in [-0.3, -0.25) is 0 Å². The average molecular weight is 1310 g/mol. The summed E-state index contributed by atoms with van der Waals surface area (Å²) in [5, 5.41) is 10.7. The van der Waals surface area contributed by atoms with E-state index in [0.717, 1.165) is 13.2 Å². The van der Waals surface area contributed by atoms with Crippen LogP contribution in [0.15, 0.2) is 42.5 Å². The number of carbonyl (C=O) groups is 5. The molecule has 0 saturated carbocycles. The van der Waals surface area contributed by atoms with Crippen molar-refractivity contribution in [3.63, 3.8) is 0 Å². The van der Waals surface area contributed by atoms with Gasteiger partial charge in [0.05, 0.1) is 129 Å². The quantitative estimate of drug-likeness (QED) is 0.0265. The summed E-state index contributed by atoms with van der Waals surface area (Å²) >= 11 is 0. The summed E-state index contributed by atoms with van der Waals surface area (Å²) < 4.78 is 130. The van der Waals surface area contributed by atoms with Crippen LogP contribution < -0.4 is 71.1 Å². The molecule has 0 radical (unpaired) electrons. The van der Waals surface area contributed by atoms with E-state index in [1.54, 1.807) is 0 Å². The molecule has 0 spiro atoms. The predicted octanol–water partition coefficient (Wildman–Crippen LogP) is 9.12. The zero-order valence-electron chi connectivity index (χ0n) is 55.1. The third kappa shape index (κ3) is 14.2. The fraction of sp³-hybridized carbons (Fsp3) is 0.444. The minimum atomic E-state index is -3.13. The van der Waals surface area contributed by atoms with Gasteiger partial charge in [0.1, 0.15) is 24.4 Å². The fourth-order valence-electron chi connectivity index (χ4n) is 9.80. The SMILES string of the molecule is COC(=O)c1cc(OC)c(OC)c(OC)c1Oc1cc(C(=O)O)c(-c2c(C(=O)OC[C@H]3O[C@H](OC)[C@H](OC(=O)c4cc(OC)c(OC)c(OC)c4)[C@@H](OC(=O)c4cc(OC)c(OC)c(OC)c4)[C@@H]3O[Si](C)(C)C(C)(C)C)cc(OC)c(OC)c2OC)c(OC)c1OC. The molecule has 1 fully saturated rings. The van der Waals surface area contributed by atoms with Crippen LogP contribution in [-0.2, 0) is 32.8 Å². The molecule has 1 N–H and O–H groups in total. The van der Waals surface area contributed by atoms with Crippen LogP contribution in [0, 0.1) is 0 Å². The van der Waals surface area contributed by atoms with E-state index in [0.29, 0.717) is 0 Å². The van der Waals surface area contributed by atoms with Crippen molar-refractivity contribution in [3.05, 3.63) is 70.3 Å². The molecule has 0 aromatic heterocycles. The Hall–Kier alpha value is -9.45. The molecule has 29 heteroatoms. The number of carboxylic acid groups (broad SMARTS) is 1. The van der Waals surface area contributed by atoms with Crippen molar-refractivity contribution in [1.29, 1.82) is 0 Å². The van der Waals surface area contributed by atoms with Gasteiger partial charge in [-0.1, -0.05) is 20.8 Å². The van der Waals surface area contributed by atoms with Crippen molar-refractivity contribution >= 4 is 38.2 Å². The number of aromatic carboxylic acids is 1. The number of hydrogen-bond acceptors (Lipinski definition) is 27. The van der Waals surface area contributed by atoms with Gasteiger partial charge in [-0.15, -0.1) is 0 Å². The molecule has 0 bridgehead atoms. The van der Waals surface area contributed by atoms with Gasteiger partial charge in [-0.25, -0.2) is 24.0 Å². The molecule has 5 aromatic rings. The summed E-state index contributed by atoms with van der Waals surface area (Å²) in [6.07, 6.45) is -7.94. The molecule has 6 rings (SSSR count). The Labute approximate surface area is 532 Å². The van der Waals surface area contributed by atoms with Crippen LogP contribution in [0.2, 0.25) is 18.1 Å². The van der Waals surface area contributed by atoms with E-state index in [4.69, 9.17) is 104 Å². The van der Waals surface area contributed by atoms with Crippen LogP contribution in [-0.4, -0.2) is 194 Å². The lowest BCUT2D eigenvalue weighted by molar-refractivity contribution is -0.289. The van der Waals surface area contributed by atoms with Crippen LogP contribution in [0.1, 0.15) is 72.6 Å². The number of carbonyl (C=O) groups excluding carboxylic acids is 4. The number of benzene rings is 5. The lowest BCUT2D eigenvalue weighted by Gasteiger charge is -2.48. The average Bonchev–Trinajstić information content (AvgIpc) is 0.749. The van der Waals surface area contributed by atoms with E-state index < -0.39 is 91.6 Å². The van der Waals surface area contributed by atoms with Gasteiger partial charge in [-0.05, 0) is 48.5 Å². The molecular weight excluding hydrogens is 1230 g/mol. The van der Waals surface area contributed by atoms with Gasteiger partial charge in [0, 0.05) is 30.4 Å². The number of ether oxygens (including phenoxy) is 21. The molecule has 28 nitrogen and oxygen atoms in total. The molecular formula is C63H78O28Si. The largest absolute Gasteiger partial charge is 0.493 e. The third-order valence-corrected chi connectivity index (χ3v) is 19.7. The molecule has 1 saturated heterocycles. The summed E-state index contributed by atoms with van der Waals surface area (Å²) in [6, 6.07) is 8.91. The van der Waals surface area contributed by atoms with Crippen molar-refractivity contribution in [3.8, 4) is 103 Å². The van der Waals surface area contributed by atoms with Gasteiger partial charge in [0.25, 0.3) is 0 Å². The zero-order valence-corrected chi connectivity index (χ0v) is 56.1. The number of methoxy groups -OCH3 is 16. The first kappa shape index (κ1) is 71.6. The van der Waals surface area contributed by atoms with Crippen LogP contribution in [0.25, 0.3) is 11.1 Å². The number of rotatable bonds is 29. The number of esters is 4. The second kappa shape index (κ2) is 30.6. The molecule has 1 heterocycles. The maximum absolute atomic E-state index is 15.5. The van der Waals surface area contributed by atoms with Gasteiger partial charge in [0.2, 0.25) is 34.5 Å². The standard InChI is InChI=1S/C63H78O28Si/c1-63(2,3)92(20,21)91-51-42(88-62(85-19)56(90-59(67)31-24-37(72-6)47(77-11)38(25-31)73-7)55(51)89-58(66)30-22-35(70-4)46(76-10)36(23-30)71-5)29-86-61(69)33-27-39(74-8)48(78-12)53(82-16)44(33)43-32(57(64)65)26-41(50(80-14)52(43)81-15)87-45-34(60(68)84-18)28-40(75-9)49(79-13)54(45)83-17/h22-28,42,51,55-56,62H,29H2,1-21H3,(H,64,65)/t42-,51-,55+,56-,62+/m1/s1. The van der Waals surface area contributed by atoms with Crippen LogP contribution in [0.4, 0.5) is 0 Å². The Balaban J connectivity index is 1.59. The fourth-order valence-corrected chi connectivity index (χ4v) is 11.1. The van der Waals surface area contributed by atoms with Gasteiger partial charge in [-0.2, -0.15) is 0 Å². The summed E-state index contributed by atoms with van der Waals surface area (Å²) in [7, 11) is 17.5.